The summed E-state index contributed by atoms with van der Waals surface area (Å²) in [6, 6.07) is 4.38. The van der Waals surface area contributed by atoms with Crippen molar-refractivity contribution < 1.29 is 4.74 Å². The third-order valence-electron chi connectivity index (χ3n) is 3.50. The predicted octanol–water partition coefficient (Wildman–Crippen LogP) is 2.17. The Morgan fingerprint density at radius 3 is 3.12 bits per heavy atom. The first-order valence-electron chi connectivity index (χ1n) is 6.01. The number of hydrogen-bond donors (Lipinski definition) is 1. The van der Waals surface area contributed by atoms with Crippen molar-refractivity contribution in [3.8, 4) is 5.75 Å². The molecule has 1 aliphatic heterocycles. The molecule has 2 heteroatoms. The van der Waals surface area contributed by atoms with Gasteiger partial charge < -0.3 is 10.1 Å². The molecule has 1 N–H and O–H groups in total. The molecule has 1 aromatic carbocycles. The third-order valence-corrected chi connectivity index (χ3v) is 3.50. The lowest BCUT2D eigenvalue weighted by molar-refractivity contribution is 0.357. The van der Waals surface area contributed by atoms with Crippen LogP contribution in [0.2, 0.25) is 0 Å². The van der Waals surface area contributed by atoms with Gasteiger partial charge in [0.1, 0.15) is 5.75 Å². The fourth-order valence-electron chi connectivity index (χ4n) is 2.76. The first kappa shape index (κ1) is 9.91. The average Bonchev–Trinajstić information content (AvgIpc) is 2.91. The van der Waals surface area contributed by atoms with Gasteiger partial charge in [-0.05, 0) is 42.7 Å². The molecule has 0 aromatic heterocycles. The minimum Gasteiger partial charge on any atom is -0.493 e. The Kier molecular flexibility index (Phi) is 2.44. The Morgan fingerprint density at radius 1 is 1.31 bits per heavy atom. The van der Waals surface area contributed by atoms with Crippen LogP contribution in [0.4, 0.5) is 0 Å². The van der Waals surface area contributed by atoms with Gasteiger partial charge in [-0.1, -0.05) is 12.1 Å². The molecule has 1 aromatic rings. The second-order valence-corrected chi connectivity index (χ2v) is 4.46. The van der Waals surface area contributed by atoms with Crippen LogP contribution in [0.3, 0.4) is 0 Å². The highest BCUT2D eigenvalue weighted by Crippen LogP contribution is 2.40. The van der Waals surface area contributed by atoms with Crippen LogP contribution in [0.15, 0.2) is 18.2 Å². The fraction of sp³-hybridized carbons (Fsp3) is 0.429. The summed E-state index contributed by atoms with van der Waals surface area (Å²) in [6.45, 7) is 1.81. The molecule has 0 saturated heterocycles. The summed E-state index contributed by atoms with van der Waals surface area (Å²) in [6.07, 6.45) is 5.78. The molecule has 0 unspecified atom stereocenters. The van der Waals surface area contributed by atoms with Crippen LogP contribution >= 0.6 is 0 Å². The van der Waals surface area contributed by atoms with Gasteiger partial charge in [0.2, 0.25) is 0 Å². The molecule has 0 fully saturated rings. The number of aryl methyl sites for hydroxylation is 1. The number of fused-ring (bicyclic) bond motifs is 3. The van der Waals surface area contributed by atoms with Gasteiger partial charge in [0.05, 0.1) is 6.61 Å². The maximum absolute atomic E-state index is 5.63. The van der Waals surface area contributed by atoms with Crippen LogP contribution in [-0.4, -0.2) is 20.2 Å². The molecule has 84 valence electrons. The molecule has 1 aliphatic carbocycles. The van der Waals surface area contributed by atoms with E-state index in [1.165, 1.54) is 35.1 Å². The molecule has 1 heterocycles. The molecule has 2 aliphatic rings. The summed E-state index contributed by atoms with van der Waals surface area (Å²) >= 11 is 0. The lowest BCUT2D eigenvalue weighted by atomic mass is 9.98. The largest absolute Gasteiger partial charge is 0.493 e. The first-order valence-corrected chi connectivity index (χ1v) is 6.01. The number of ether oxygens (including phenoxy) is 1. The normalized spacial score (nSPS) is 19.7. The Bertz CT molecular complexity index is 448. The van der Waals surface area contributed by atoms with Gasteiger partial charge >= 0.3 is 0 Å². The summed E-state index contributed by atoms with van der Waals surface area (Å²) in [5, 5.41) is 3.19. The van der Waals surface area contributed by atoms with Crippen molar-refractivity contribution in [2.45, 2.75) is 19.3 Å². The van der Waals surface area contributed by atoms with Gasteiger partial charge in [0, 0.05) is 18.5 Å². The Labute approximate surface area is 96.3 Å². The number of nitrogens with one attached hydrogen (secondary N) is 1. The second kappa shape index (κ2) is 3.95. The minimum absolute atomic E-state index is 0.852. The van der Waals surface area contributed by atoms with Crippen LogP contribution in [0.5, 0.6) is 5.75 Å². The smallest absolute Gasteiger partial charge is 0.123 e. The number of likely N-dealkylation sites (N-methyl/N-ethyl adjacent to an activating group) is 1. The Morgan fingerprint density at radius 2 is 2.25 bits per heavy atom. The Hall–Kier alpha value is -1.28. The van der Waals surface area contributed by atoms with Gasteiger partial charge in [0.25, 0.3) is 0 Å². The topological polar surface area (TPSA) is 21.3 Å². The molecule has 0 spiro atoms. The van der Waals surface area contributed by atoms with Crippen LogP contribution in [0.25, 0.3) is 5.57 Å². The molecule has 2 nitrogen and oxygen atoms in total. The number of hydrogen-bond acceptors (Lipinski definition) is 2. The van der Waals surface area contributed by atoms with E-state index >= 15 is 0 Å². The highest BCUT2D eigenvalue weighted by molar-refractivity contribution is 5.77. The molecule has 16 heavy (non-hydrogen) atoms. The molecule has 0 amide bonds. The monoisotopic (exact) mass is 215 g/mol. The van der Waals surface area contributed by atoms with Crippen molar-refractivity contribution in [1.82, 2.24) is 5.32 Å². The number of benzene rings is 1. The van der Waals surface area contributed by atoms with E-state index < -0.39 is 0 Å². The summed E-state index contributed by atoms with van der Waals surface area (Å²) in [7, 11) is 1.99. The highest BCUT2D eigenvalue weighted by atomic mass is 16.5. The van der Waals surface area contributed by atoms with Gasteiger partial charge in [-0.15, -0.1) is 0 Å². The van der Waals surface area contributed by atoms with E-state index in [0.29, 0.717) is 0 Å². The van der Waals surface area contributed by atoms with Crippen molar-refractivity contribution in [2.75, 3.05) is 20.2 Å². The average molecular weight is 215 g/mol. The third kappa shape index (κ3) is 1.45. The van der Waals surface area contributed by atoms with E-state index in [0.717, 1.165) is 25.3 Å². The van der Waals surface area contributed by atoms with Crippen LogP contribution in [0, 0.1) is 0 Å². The lowest BCUT2D eigenvalue weighted by Crippen LogP contribution is -2.05. The summed E-state index contributed by atoms with van der Waals surface area (Å²) in [4.78, 5) is 0. The lowest BCUT2D eigenvalue weighted by Gasteiger charge is -2.07. The van der Waals surface area contributed by atoms with Crippen LogP contribution in [0.1, 0.15) is 23.1 Å². The molecule has 0 atom stereocenters. The van der Waals surface area contributed by atoms with E-state index in [9.17, 15) is 0 Å². The van der Waals surface area contributed by atoms with E-state index in [-0.39, 0.29) is 0 Å². The van der Waals surface area contributed by atoms with Gasteiger partial charge in [-0.25, -0.2) is 0 Å². The first-order chi connectivity index (χ1) is 7.90. The molecule has 0 saturated carbocycles. The zero-order valence-electron chi connectivity index (χ0n) is 9.68. The quantitative estimate of drug-likeness (QED) is 0.816. The van der Waals surface area contributed by atoms with E-state index in [4.69, 9.17) is 4.74 Å². The SMILES string of the molecule is CNC/C=C1\CCc2ccc3c(c21)CCO3. The van der Waals surface area contributed by atoms with Gasteiger partial charge in [0.15, 0.2) is 0 Å². The van der Waals surface area contributed by atoms with Crippen molar-refractivity contribution in [1.29, 1.82) is 0 Å². The second-order valence-electron chi connectivity index (χ2n) is 4.46. The Balaban J connectivity index is 2.07. The van der Waals surface area contributed by atoms with Crippen LogP contribution < -0.4 is 10.1 Å². The highest BCUT2D eigenvalue weighted by Gasteiger charge is 2.24. The molecular formula is C14H17NO. The van der Waals surface area contributed by atoms with Crippen molar-refractivity contribution >= 4 is 5.57 Å². The standard InChI is InChI=1S/C14H17NO/c1-15-8-6-11-3-2-10-4-5-13-12(14(10)11)7-9-16-13/h4-6,15H,2-3,7-9H2,1H3/b11-6+. The van der Waals surface area contributed by atoms with Gasteiger partial charge in [-0.3, -0.25) is 0 Å². The zero-order chi connectivity index (χ0) is 11.0. The van der Waals surface area contributed by atoms with Crippen molar-refractivity contribution in [3.05, 3.63) is 34.9 Å². The zero-order valence-corrected chi connectivity index (χ0v) is 9.68. The molecule has 0 bridgehead atoms. The molecular weight excluding hydrogens is 198 g/mol. The summed E-state index contributed by atoms with van der Waals surface area (Å²) < 4.78 is 5.63. The number of allylic oxidation sites excluding steroid dienone is 1. The van der Waals surface area contributed by atoms with E-state index in [1.54, 1.807) is 0 Å². The summed E-state index contributed by atoms with van der Waals surface area (Å²) in [5.41, 5.74) is 5.95. The van der Waals surface area contributed by atoms with Crippen molar-refractivity contribution in [3.63, 3.8) is 0 Å². The summed E-state index contributed by atoms with van der Waals surface area (Å²) in [5.74, 6) is 1.11. The maximum Gasteiger partial charge on any atom is 0.123 e. The van der Waals surface area contributed by atoms with E-state index in [1.807, 2.05) is 7.05 Å². The van der Waals surface area contributed by atoms with E-state index in [2.05, 4.69) is 23.5 Å². The minimum atomic E-state index is 0.852. The van der Waals surface area contributed by atoms with Crippen molar-refractivity contribution in [2.24, 2.45) is 0 Å². The fourth-order valence-corrected chi connectivity index (χ4v) is 2.76. The predicted molar refractivity (Wildman–Crippen MR) is 65.9 cm³/mol. The maximum atomic E-state index is 5.63. The molecule has 3 rings (SSSR count). The number of rotatable bonds is 2. The van der Waals surface area contributed by atoms with Crippen LogP contribution in [-0.2, 0) is 12.8 Å². The van der Waals surface area contributed by atoms with Gasteiger partial charge in [-0.2, -0.15) is 0 Å². The molecule has 0 radical (unpaired) electrons.